The van der Waals surface area contributed by atoms with Crippen LogP contribution in [0.25, 0.3) is 0 Å². The lowest BCUT2D eigenvalue weighted by molar-refractivity contribution is -0.155. The number of benzene rings is 1. The first-order chi connectivity index (χ1) is 10.6. The predicted molar refractivity (Wildman–Crippen MR) is 80.2 cm³/mol. The van der Waals surface area contributed by atoms with E-state index in [1.165, 1.54) is 0 Å². The molecule has 1 fully saturated rings. The summed E-state index contributed by atoms with van der Waals surface area (Å²) in [6, 6.07) is 12.9. The number of hydrogen-bond acceptors (Lipinski definition) is 4. The van der Waals surface area contributed by atoms with Crippen LogP contribution in [0.3, 0.4) is 0 Å². The molecule has 1 unspecified atom stereocenters. The summed E-state index contributed by atoms with van der Waals surface area (Å²) in [4.78, 5) is 25.1. The zero-order valence-electron chi connectivity index (χ0n) is 12.5. The van der Waals surface area contributed by atoms with E-state index in [4.69, 9.17) is 9.15 Å². The van der Waals surface area contributed by atoms with Gasteiger partial charge in [-0.1, -0.05) is 30.3 Å². The van der Waals surface area contributed by atoms with Crippen LogP contribution >= 0.6 is 0 Å². The largest absolute Gasteiger partial charge is 0.465 e. The van der Waals surface area contributed by atoms with Crippen molar-refractivity contribution >= 4 is 11.8 Å². The van der Waals surface area contributed by atoms with E-state index in [-0.39, 0.29) is 12.4 Å². The maximum Gasteiger partial charge on any atom is 0.327 e. The van der Waals surface area contributed by atoms with Gasteiger partial charge in [-0.25, -0.2) is 0 Å². The Morgan fingerprint density at radius 3 is 2.59 bits per heavy atom. The van der Waals surface area contributed by atoms with Crippen LogP contribution < -0.4 is 0 Å². The molecule has 1 heterocycles. The molecular weight excluding hydrogens is 280 g/mol. The van der Waals surface area contributed by atoms with Crippen LogP contribution in [0, 0.1) is 6.92 Å². The minimum absolute atomic E-state index is 0.111. The highest BCUT2D eigenvalue weighted by Crippen LogP contribution is 2.40. The van der Waals surface area contributed by atoms with Crippen molar-refractivity contribution in [3.63, 3.8) is 0 Å². The quantitative estimate of drug-likeness (QED) is 0.642. The van der Waals surface area contributed by atoms with Gasteiger partial charge in [-0.05, 0) is 37.5 Å². The maximum atomic E-state index is 12.7. The van der Waals surface area contributed by atoms with Gasteiger partial charge in [-0.2, -0.15) is 0 Å². The van der Waals surface area contributed by atoms with Gasteiger partial charge in [0.05, 0.1) is 0 Å². The highest BCUT2D eigenvalue weighted by Gasteiger charge is 2.53. The molecule has 1 atom stereocenters. The summed E-state index contributed by atoms with van der Waals surface area (Å²) in [6.45, 7) is 1.96. The van der Waals surface area contributed by atoms with Gasteiger partial charge in [0.1, 0.15) is 18.1 Å². The lowest BCUT2D eigenvalue weighted by atomic mass is 9.82. The summed E-state index contributed by atoms with van der Waals surface area (Å²) in [6.07, 6.45) is 1.52. The number of ketones is 1. The van der Waals surface area contributed by atoms with E-state index in [2.05, 4.69) is 0 Å². The summed E-state index contributed by atoms with van der Waals surface area (Å²) in [5, 5.41) is 0. The van der Waals surface area contributed by atoms with Crippen LogP contribution in [-0.4, -0.2) is 11.8 Å². The third kappa shape index (κ3) is 2.45. The van der Waals surface area contributed by atoms with Crippen molar-refractivity contribution in [2.45, 2.75) is 38.2 Å². The normalized spacial score (nSPS) is 21.0. The smallest absolute Gasteiger partial charge is 0.327 e. The average molecular weight is 298 g/mol. The molecule has 1 aromatic carbocycles. The standard InChI is InChI=1S/C18H18O4/c1-13-9-10-16(22-13)18(11-5-8-15(18)19)17(20)21-12-14-6-3-2-4-7-14/h2-4,6-7,9-10H,5,8,11-12H2,1H3. The molecule has 4 heteroatoms. The zero-order chi connectivity index (χ0) is 15.6. The Morgan fingerprint density at radius 1 is 1.23 bits per heavy atom. The van der Waals surface area contributed by atoms with Crippen molar-refractivity contribution in [1.82, 2.24) is 0 Å². The summed E-state index contributed by atoms with van der Waals surface area (Å²) in [7, 11) is 0. The Labute approximate surface area is 129 Å². The van der Waals surface area contributed by atoms with Crippen LogP contribution in [0.15, 0.2) is 46.9 Å². The first kappa shape index (κ1) is 14.6. The van der Waals surface area contributed by atoms with Crippen LogP contribution in [0.4, 0.5) is 0 Å². The van der Waals surface area contributed by atoms with Gasteiger partial charge < -0.3 is 9.15 Å². The molecule has 3 rings (SSSR count). The fraction of sp³-hybridized carbons (Fsp3) is 0.333. The third-order valence-corrected chi connectivity index (χ3v) is 4.15. The Kier molecular flexibility index (Phi) is 3.84. The second-order valence-electron chi connectivity index (χ2n) is 5.65. The highest BCUT2D eigenvalue weighted by atomic mass is 16.5. The molecule has 1 saturated carbocycles. The molecule has 0 amide bonds. The fourth-order valence-corrected chi connectivity index (χ4v) is 2.95. The second-order valence-corrected chi connectivity index (χ2v) is 5.65. The van der Waals surface area contributed by atoms with E-state index >= 15 is 0 Å². The Bertz CT molecular complexity index is 686. The van der Waals surface area contributed by atoms with E-state index in [1.54, 1.807) is 19.1 Å². The molecule has 0 saturated heterocycles. The minimum Gasteiger partial charge on any atom is -0.465 e. The summed E-state index contributed by atoms with van der Waals surface area (Å²) >= 11 is 0. The van der Waals surface area contributed by atoms with Crippen molar-refractivity contribution in [2.24, 2.45) is 0 Å². The van der Waals surface area contributed by atoms with Crippen molar-refractivity contribution in [3.8, 4) is 0 Å². The van der Waals surface area contributed by atoms with Gasteiger partial charge in [-0.3, -0.25) is 9.59 Å². The van der Waals surface area contributed by atoms with Crippen molar-refractivity contribution in [1.29, 1.82) is 0 Å². The highest BCUT2D eigenvalue weighted by molar-refractivity contribution is 6.10. The lowest BCUT2D eigenvalue weighted by Crippen LogP contribution is -2.41. The number of ether oxygens (including phenoxy) is 1. The molecule has 1 aromatic heterocycles. The van der Waals surface area contributed by atoms with Crippen LogP contribution in [-0.2, 0) is 26.3 Å². The average Bonchev–Trinajstić information content (AvgIpc) is 3.12. The molecule has 2 aromatic rings. The summed E-state index contributed by atoms with van der Waals surface area (Å²) < 4.78 is 11.0. The van der Waals surface area contributed by atoms with Gasteiger partial charge in [0.25, 0.3) is 0 Å². The number of rotatable bonds is 4. The Hall–Kier alpha value is -2.36. The van der Waals surface area contributed by atoms with Crippen LogP contribution in [0.2, 0.25) is 0 Å². The van der Waals surface area contributed by atoms with Crippen molar-refractivity contribution in [3.05, 3.63) is 59.5 Å². The van der Waals surface area contributed by atoms with Gasteiger partial charge in [0.15, 0.2) is 11.2 Å². The van der Waals surface area contributed by atoms with E-state index in [0.717, 1.165) is 5.56 Å². The van der Waals surface area contributed by atoms with Gasteiger partial charge in [0, 0.05) is 6.42 Å². The molecule has 1 aliphatic rings. The zero-order valence-corrected chi connectivity index (χ0v) is 12.5. The molecule has 22 heavy (non-hydrogen) atoms. The number of carbonyl (C=O) groups excluding carboxylic acids is 2. The summed E-state index contributed by atoms with van der Waals surface area (Å²) in [5.74, 6) is 0.476. The van der Waals surface area contributed by atoms with E-state index < -0.39 is 11.4 Å². The van der Waals surface area contributed by atoms with Crippen LogP contribution in [0.1, 0.15) is 36.3 Å². The van der Waals surface area contributed by atoms with Crippen molar-refractivity contribution in [2.75, 3.05) is 0 Å². The minimum atomic E-state index is -1.26. The molecule has 0 spiro atoms. The second kappa shape index (κ2) is 5.79. The van der Waals surface area contributed by atoms with E-state index in [0.29, 0.717) is 30.8 Å². The Morgan fingerprint density at radius 2 is 2.00 bits per heavy atom. The van der Waals surface area contributed by atoms with Gasteiger partial charge in [-0.15, -0.1) is 0 Å². The summed E-state index contributed by atoms with van der Waals surface area (Å²) in [5.41, 5.74) is -0.365. The molecule has 0 N–H and O–H groups in total. The first-order valence-electron chi connectivity index (χ1n) is 7.44. The molecule has 0 bridgehead atoms. The third-order valence-electron chi connectivity index (χ3n) is 4.15. The fourth-order valence-electron chi connectivity index (χ4n) is 2.95. The molecule has 1 aliphatic carbocycles. The monoisotopic (exact) mass is 298 g/mol. The lowest BCUT2D eigenvalue weighted by Gasteiger charge is -2.23. The molecular formula is C18H18O4. The Balaban J connectivity index is 1.84. The molecule has 114 valence electrons. The number of Topliss-reactive ketones (excluding diaryl/α,β-unsaturated/α-hetero) is 1. The SMILES string of the molecule is Cc1ccc(C2(C(=O)OCc3ccccc3)CCCC2=O)o1. The number of aryl methyl sites for hydroxylation is 1. The molecule has 4 nitrogen and oxygen atoms in total. The van der Waals surface area contributed by atoms with Gasteiger partial charge >= 0.3 is 5.97 Å². The number of hydrogen-bond donors (Lipinski definition) is 0. The van der Waals surface area contributed by atoms with E-state index in [9.17, 15) is 9.59 Å². The molecule has 0 aliphatic heterocycles. The molecule has 0 radical (unpaired) electrons. The number of furan rings is 1. The topological polar surface area (TPSA) is 56.5 Å². The van der Waals surface area contributed by atoms with Gasteiger partial charge in [0.2, 0.25) is 0 Å². The predicted octanol–water partition coefficient (Wildman–Crippen LogP) is 3.32. The number of esters is 1. The first-order valence-corrected chi connectivity index (χ1v) is 7.44. The van der Waals surface area contributed by atoms with Crippen LogP contribution in [0.5, 0.6) is 0 Å². The maximum absolute atomic E-state index is 12.7. The van der Waals surface area contributed by atoms with Crippen molar-refractivity contribution < 1.29 is 18.7 Å². The number of carbonyl (C=O) groups is 2. The van der Waals surface area contributed by atoms with E-state index in [1.807, 2.05) is 30.3 Å².